The van der Waals surface area contributed by atoms with Gasteiger partial charge in [0.25, 0.3) is 0 Å². The third-order valence-electron chi connectivity index (χ3n) is 3.49. The van der Waals surface area contributed by atoms with Gasteiger partial charge in [0, 0.05) is 13.1 Å². The molecule has 0 radical (unpaired) electrons. The zero-order valence-corrected chi connectivity index (χ0v) is 11.6. The average molecular weight is 291 g/mol. The van der Waals surface area contributed by atoms with Gasteiger partial charge in [-0.05, 0) is 33.0 Å². The van der Waals surface area contributed by atoms with Crippen LogP contribution in [0.5, 0.6) is 0 Å². The lowest BCUT2D eigenvalue weighted by atomic mass is 10.2. The van der Waals surface area contributed by atoms with Crippen LogP contribution in [0, 0.1) is 0 Å². The molecule has 0 saturated carbocycles. The molecule has 0 atom stereocenters. The Morgan fingerprint density at radius 3 is 2.65 bits per heavy atom. The van der Waals surface area contributed by atoms with Crippen molar-refractivity contribution in [1.82, 2.24) is 25.0 Å². The van der Waals surface area contributed by atoms with E-state index in [1.165, 1.54) is 4.57 Å². The van der Waals surface area contributed by atoms with Gasteiger partial charge in [-0.1, -0.05) is 6.42 Å². The summed E-state index contributed by atoms with van der Waals surface area (Å²) < 4.78 is 39.2. The van der Waals surface area contributed by atoms with Gasteiger partial charge >= 0.3 is 6.18 Å². The van der Waals surface area contributed by atoms with Gasteiger partial charge in [-0.25, -0.2) is 0 Å². The van der Waals surface area contributed by atoms with Gasteiger partial charge < -0.3 is 9.88 Å². The van der Waals surface area contributed by atoms with Crippen LogP contribution >= 0.6 is 0 Å². The van der Waals surface area contributed by atoms with Crippen molar-refractivity contribution >= 4 is 0 Å². The van der Waals surface area contributed by atoms with Gasteiger partial charge in [0.05, 0.1) is 6.54 Å². The van der Waals surface area contributed by atoms with E-state index in [0.29, 0.717) is 25.5 Å². The van der Waals surface area contributed by atoms with Crippen LogP contribution in [0.15, 0.2) is 0 Å². The van der Waals surface area contributed by atoms with Gasteiger partial charge in [0.1, 0.15) is 5.82 Å². The summed E-state index contributed by atoms with van der Waals surface area (Å²) in [5, 5.41) is 10.0. The van der Waals surface area contributed by atoms with Crippen LogP contribution in [-0.4, -0.2) is 46.3 Å². The first-order chi connectivity index (χ1) is 9.52. The van der Waals surface area contributed by atoms with Crippen LogP contribution in [-0.2, 0) is 19.3 Å². The lowest BCUT2D eigenvalue weighted by Gasteiger charge is -2.27. The Balaban J connectivity index is 1.84. The molecule has 1 aromatic heterocycles. The summed E-state index contributed by atoms with van der Waals surface area (Å²) in [5.74, 6) is -0.458. The monoisotopic (exact) mass is 291 g/mol. The molecule has 1 aliphatic heterocycles. The van der Waals surface area contributed by atoms with E-state index < -0.39 is 12.0 Å². The zero-order valence-electron chi connectivity index (χ0n) is 11.6. The lowest BCUT2D eigenvalue weighted by Crippen LogP contribution is -2.35. The number of fused-ring (bicyclic) bond motifs is 1. The molecule has 5 nitrogen and oxygen atoms in total. The number of hydrogen-bond acceptors (Lipinski definition) is 4. The predicted molar refractivity (Wildman–Crippen MR) is 68.1 cm³/mol. The number of unbranched alkanes of at least 4 members (excludes halogenated alkanes) is 2. The molecule has 0 aromatic carbocycles. The molecule has 0 unspecified atom stereocenters. The second-order valence-corrected chi connectivity index (χ2v) is 5.03. The molecule has 8 heteroatoms. The molecule has 0 aliphatic carbocycles. The Labute approximate surface area is 116 Å². The molecule has 0 bridgehead atoms. The molecule has 0 spiro atoms. The Morgan fingerprint density at radius 1 is 1.15 bits per heavy atom. The number of nitrogens with one attached hydrogen (secondary N) is 1. The summed E-state index contributed by atoms with van der Waals surface area (Å²) in [5.41, 5.74) is 0. The van der Waals surface area contributed by atoms with Crippen molar-refractivity contribution in [3.8, 4) is 0 Å². The second kappa shape index (κ2) is 6.53. The SMILES string of the molecule is CNCCCCCN1CCn2c(nnc2C(F)(F)F)C1. The van der Waals surface area contributed by atoms with Gasteiger partial charge in [0.2, 0.25) is 5.82 Å². The van der Waals surface area contributed by atoms with E-state index in [-0.39, 0.29) is 0 Å². The molecule has 2 heterocycles. The maximum Gasteiger partial charge on any atom is 0.451 e. The summed E-state index contributed by atoms with van der Waals surface area (Å²) in [7, 11) is 1.93. The highest BCUT2D eigenvalue weighted by Gasteiger charge is 2.39. The van der Waals surface area contributed by atoms with E-state index in [1.54, 1.807) is 0 Å². The highest BCUT2D eigenvalue weighted by atomic mass is 19.4. The fraction of sp³-hybridized carbons (Fsp3) is 0.833. The third-order valence-corrected chi connectivity index (χ3v) is 3.49. The minimum absolute atomic E-state index is 0.313. The first-order valence-corrected chi connectivity index (χ1v) is 6.88. The van der Waals surface area contributed by atoms with E-state index in [2.05, 4.69) is 20.4 Å². The molecular formula is C12H20F3N5. The van der Waals surface area contributed by atoms with Gasteiger partial charge in [0.15, 0.2) is 0 Å². The van der Waals surface area contributed by atoms with Crippen molar-refractivity contribution in [2.75, 3.05) is 26.7 Å². The highest BCUT2D eigenvalue weighted by molar-refractivity contribution is 5.02. The average Bonchev–Trinajstić information content (AvgIpc) is 2.81. The minimum atomic E-state index is -4.42. The third kappa shape index (κ3) is 3.69. The summed E-state index contributed by atoms with van der Waals surface area (Å²) >= 11 is 0. The van der Waals surface area contributed by atoms with Crippen molar-refractivity contribution < 1.29 is 13.2 Å². The largest absolute Gasteiger partial charge is 0.451 e. The molecule has 114 valence electrons. The number of alkyl halides is 3. The second-order valence-electron chi connectivity index (χ2n) is 5.03. The van der Waals surface area contributed by atoms with Crippen LogP contribution in [0.25, 0.3) is 0 Å². The maximum atomic E-state index is 12.7. The van der Waals surface area contributed by atoms with Crippen LogP contribution in [0.2, 0.25) is 0 Å². The van der Waals surface area contributed by atoms with E-state index >= 15 is 0 Å². The van der Waals surface area contributed by atoms with Crippen LogP contribution < -0.4 is 5.32 Å². The fourth-order valence-electron chi connectivity index (χ4n) is 2.42. The standard InChI is InChI=1S/C12H20F3N5/c1-16-5-3-2-4-6-19-7-8-20-10(9-19)17-18-11(20)12(13,14)15/h16H,2-9H2,1H3. The van der Waals surface area contributed by atoms with Crippen LogP contribution in [0.3, 0.4) is 0 Å². The Kier molecular flexibility index (Phi) is 4.98. The molecule has 1 aliphatic rings. The van der Waals surface area contributed by atoms with E-state index in [1.807, 2.05) is 7.05 Å². The van der Waals surface area contributed by atoms with Crippen molar-refractivity contribution in [2.45, 2.75) is 38.5 Å². The first-order valence-electron chi connectivity index (χ1n) is 6.88. The van der Waals surface area contributed by atoms with Crippen molar-refractivity contribution in [3.63, 3.8) is 0 Å². The molecule has 20 heavy (non-hydrogen) atoms. The van der Waals surface area contributed by atoms with Gasteiger partial charge in [-0.15, -0.1) is 10.2 Å². The molecule has 2 rings (SSSR count). The minimum Gasteiger partial charge on any atom is -0.320 e. The maximum absolute atomic E-state index is 12.7. The van der Waals surface area contributed by atoms with Gasteiger partial charge in [-0.3, -0.25) is 4.90 Å². The Hall–Kier alpha value is -1.15. The quantitative estimate of drug-likeness (QED) is 0.807. The number of aromatic nitrogens is 3. The van der Waals surface area contributed by atoms with Crippen molar-refractivity contribution in [2.24, 2.45) is 0 Å². The number of hydrogen-bond donors (Lipinski definition) is 1. The first kappa shape index (κ1) is 15.2. The fourth-order valence-corrected chi connectivity index (χ4v) is 2.42. The van der Waals surface area contributed by atoms with Crippen molar-refractivity contribution in [1.29, 1.82) is 0 Å². The zero-order chi connectivity index (χ0) is 14.6. The molecule has 0 fully saturated rings. The molecular weight excluding hydrogens is 271 g/mol. The van der Waals surface area contributed by atoms with Crippen molar-refractivity contribution in [3.05, 3.63) is 11.6 Å². The van der Waals surface area contributed by atoms with E-state index in [9.17, 15) is 13.2 Å². The van der Waals surface area contributed by atoms with Crippen LogP contribution in [0.4, 0.5) is 13.2 Å². The number of halogens is 3. The van der Waals surface area contributed by atoms with E-state index in [0.717, 1.165) is 32.4 Å². The molecule has 0 amide bonds. The Bertz CT molecular complexity index is 429. The smallest absolute Gasteiger partial charge is 0.320 e. The molecule has 1 N–H and O–H groups in total. The lowest BCUT2D eigenvalue weighted by molar-refractivity contribution is -0.148. The van der Waals surface area contributed by atoms with E-state index in [4.69, 9.17) is 0 Å². The molecule has 0 saturated heterocycles. The van der Waals surface area contributed by atoms with Gasteiger partial charge in [-0.2, -0.15) is 13.2 Å². The van der Waals surface area contributed by atoms with Crippen LogP contribution in [0.1, 0.15) is 30.9 Å². The number of nitrogens with zero attached hydrogens (tertiary/aromatic N) is 4. The summed E-state index contributed by atoms with van der Waals surface area (Å²) in [6, 6.07) is 0. The summed E-state index contributed by atoms with van der Waals surface area (Å²) in [6.45, 7) is 3.30. The normalized spacial score (nSPS) is 16.4. The topological polar surface area (TPSA) is 46.0 Å². The summed E-state index contributed by atoms with van der Waals surface area (Å²) in [4.78, 5) is 2.14. The summed E-state index contributed by atoms with van der Waals surface area (Å²) in [6.07, 6.45) is -1.11. The molecule has 1 aromatic rings. The number of rotatable bonds is 6. The highest BCUT2D eigenvalue weighted by Crippen LogP contribution is 2.29. The Morgan fingerprint density at radius 2 is 1.95 bits per heavy atom. The predicted octanol–water partition coefficient (Wildman–Crippen LogP) is 1.50.